The highest BCUT2D eigenvalue weighted by Crippen LogP contribution is 2.36. The van der Waals surface area contributed by atoms with Crippen LogP contribution in [0.15, 0.2) is 21.3 Å². The Morgan fingerprint density at radius 3 is 2.32 bits per heavy atom. The number of rotatable bonds is 6. The summed E-state index contributed by atoms with van der Waals surface area (Å²) >= 11 is 0. The number of aryl methyl sites for hydroxylation is 1. The van der Waals surface area contributed by atoms with Gasteiger partial charge in [-0.15, -0.1) is 0 Å². The average Bonchev–Trinajstić information content (AvgIpc) is 2.57. The third-order valence-electron chi connectivity index (χ3n) is 3.96. The Kier molecular flexibility index (Phi) is 4.60. The van der Waals surface area contributed by atoms with E-state index >= 15 is 0 Å². The monoisotopic (exact) mass is 346 g/mol. The van der Waals surface area contributed by atoms with Gasteiger partial charge >= 0.3 is 5.63 Å². The highest BCUT2D eigenvalue weighted by atomic mass is 16.5. The van der Waals surface area contributed by atoms with Gasteiger partial charge in [0, 0.05) is 17.7 Å². The quantitative estimate of drug-likeness (QED) is 0.605. The highest BCUT2D eigenvalue weighted by molar-refractivity contribution is 5.89. The fourth-order valence-electron chi connectivity index (χ4n) is 2.99. The molecule has 0 saturated heterocycles. The maximum atomic E-state index is 12.2. The molecule has 3 rings (SSSR count). The highest BCUT2D eigenvalue weighted by Gasteiger charge is 2.21. The van der Waals surface area contributed by atoms with Crippen LogP contribution in [0.2, 0.25) is 0 Å². The van der Waals surface area contributed by atoms with Crippen LogP contribution >= 0.6 is 0 Å². The minimum Gasteiger partial charge on any atom is -0.546 e. The summed E-state index contributed by atoms with van der Waals surface area (Å²) in [6.07, 6.45) is 2.97. The van der Waals surface area contributed by atoms with Crippen molar-refractivity contribution < 1.29 is 33.7 Å². The molecule has 1 aromatic carbocycles. The Morgan fingerprint density at radius 1 is 1.00 bits per heavy atom. The van der Waals surface area contributed by atoms with Crippen LogP contribution in [0.25, 0.3) is 11.0 Å². The van der Waals surface area contributed by atoms with E-state index < -0.39 is 30.8 Å². The summed E-state index contributed by atoms with van der Waals surface area (Å²) in [4.78, 5) is 33.5. The van der Waals surface area contributed by atoms with Gasteiger partial charge in [0.15, 0.2) is 0 Å². The van der Waals surface area contributed by atoms with Gasteiger partial charge in [0.05, 0.1) is 17.3 Å². The largest absolute Gasteiger partial charge is 0.546 e. The maximum Gasteiger partial charge on any atom is 0.339 e. The van der Waals surface area contributed by atoms with Crippen LogP contribution in [0.3, 0.4) is 0 Å². The van der Waals surface area contributed by atoms with Gasteiger partial charge < -0.3 is 33.7 Å². The van der Waals surface area contributed by atoms with Crippen molar-refractivity contribution in [2.75, 3.05) is 13.2 Å². The SMILES string of the molecule is O=C([O-])COc1cc(OCC(=O)[O-])c2c3c(c(=O)oc2c1)CCCC3. The molecule has 0 atom stereocenters. The van der Waals surface area contributed by atoms with Crippen LogP contribution in [-0.4, -0.2) is 25.2 Å². The maximum absolute atomic E-state index is 12.2. The second-order valence-corrected chi connectivity index (χ2v) is 5.67. The standard InChI is InChI=1S/C17H16O8/c18-14(19)7-23-9-5-12(24-8-15(20)21)16-10-3-1-2-4-11(10)17(22)25-13(16)6-9/h5-6H,1-4,7-8H2,(H,18,19)(H,20,21)/p-2. The van der Waals surface area contributed by atoms with E-state index in [4.69, 9.17) is 13.9 Å². The molecule has 0 fully saturated rings. The number of hydrogen-bond donors (Lipinski definition) is 0. The number of ether oxygens (including phenoxy) is 2. The molecule has 0 aliphatic heterocycles. The first-order chi connectivity index (χ1) is 12.0. The number of carboxylic acids is 2. The van der Waals surface area contributed by atoms with Crippen LogP contribution in [0.4, 0.5) is 0 Å². The molecule has 1 heterocycles. The van der Waals surface area contributed by atoms with Crippen molar-refractivity contribution in [2.45, 2.75) is 25.7 Å². The van der Waals surface area contributed by atoms with Crippen molar-refractivity contribution in [2.24, 2.45) is 0 Å². The number of aliphatic carboxylic acids is 2. The predicted molar refractivity (Wildman–Crippen MR) is 80.1 cm³/mol. The van der Waals surface area contributed by atoms with Crippen LogP contribution in [-0.2, 0) is 22.4 Å². The van der Waals surface area contributed by atoms with Crippen molar-refractivity contribution >= 4 is 22.9 Å². The number of hydrogen-bond acceptors (Lipinski definition) is 8. The fraction of sp³-hybridized carbons (Fsp3) is 0.353. The zero-order valence-electron chi connectivity index (χ0n) is 13.2. The van der Waals surface area contributed by atoms with Gasteiger partial charge in [-0.05, 0) is 31.2 Å². The topological polar surface area (TPSA) is 129 Å². The molecular formula is C17H14O8-2. The normalized spacial score (nSPS) is 13.3. The molecule has 25 heavy (non-hydrogen) atoms. The Labute approximate surface area is 141 Å². The molecule has 1 aliphatic carbocycles. The Bertz CT molecular complexity index is 896. The fourth-order valence-corrected chi connectivity index (χ4v) is 2.99. The third kappa shape index (κ3) is 3.57. The van der Waals surface area contributed by atoms with Crippen molar-refractivity contribution in [3.05, 3.63) is 33.7 Å². The molecule has 8 nitrogen and oxygen atoms in total. The predicted octanol–water partition coefficient (Wildman–Crippen LogP) is -1.07. The lowest BCUT2D eigenvalue weighted by Gasteiger charge is -2.19. The molecule has 0 N–H and O–H groups in total. The Hall–Kier alpha value is -3.03. The van der Waals surface area contributed by atoms with Gasteiger partial charge in [-0.25, -0.2) is 4.79 Å². The van der Waals surface area contributed by atoms with E-state index in [0.29, 0.717) is 23.8 Å². The Morgan fingerprint density at radius 2 is 1.64 bits per heavy atom. The summed E-state index contributed by atoms with van der Waals surface area (Å²) in [5, 5.41) is 21.8. The first-order valence-corrected chi connectivity index (χ1v) is 7.73. The van der Waals surface area contributed by atoms with E-state index in [1.807, 2.05) is 0 Å². The van der Waals surface area contributed by atoms with E-state index in [2.05, 4.69) is 0 Å². The smallest absolute Gasteiger partial charge is 0.339 e. The summed E-state index contributed by atoms with van der Waals surface area (Å²) in [5.41, 5.74) is 0.998. The van der Waals surface area contributed by atoms with Gasteiger partial charge in [-0.1, -0.05) is 0 Å². The van der Waals surface area contributed by atoms with E-state index in [-0.39, 0.29) is 17.1 Å². The molecule has 2 aromatic rings. The summed E-state index contributed by atoms with van der Waals surface area (Å²) < 4.78 is 15.6. The lowest BCUT2D eigenvalue weighted by Crippen LogP contribution is -2.29. The van der Waals surface area contributed by atoms with Crippen LogP contribution in [0, 0.1) is 0 Å². The molecular weight excluding hydrogens is 332 g/mol. The third-order valence-corrected chi connectivity index (χ3v) is 3.96. The molecule has 0 unspecified atom stereocenters. The molecule has 0 spiro atoms. The van der Waals surface area contributed by atoms with Gasteiger partial charge in [0.2, 0.25) is 0 Å². The van der Waals surface area contributed by atoms with Gasteiger partial charge in [-0.3, -0.25) is 0 Å². The van der Waals surface area contributed by atoms with Crippen molar-refractivity contribution in [3.8, 4) is 11.5 Å². The van der Waals surface area contributed by atoms with Gasteiger partial charge in [-0.2, -0.15) is 0 Å². The first-order valence-electron chi connectivity index (χ1n) is 7.73. The van der Waals surface area contributed by atoms with Crippen LogP contribution in [0.1, 0.15) is 24.0 Å². The second-order valence-electron chi connectivity index (χ2n) is 5.67. The lowest BCUT2D eigenvalue weighted by atomic mass is 9.90. The molecule has 0 saturated carbocycles. The first kappa shape index (κ1) is 16.8. The minimum absolute atomic E-state index is 0.0592. The minimum atomic E-state index is -1.43. The van der Waals surface area contributed by atoms with E-state index in [9.17, 15) is 24.6 Å². The van der Waals surface area contributed by atoms with Crippen molar-refractivity contribution in [3.63, 3.8) is 0 Å². The molecule has 132 valence electrons. The number of fused-ring (bicyclic) bond motifs is 3. The average molecular weight is 346 g/mol. The number of benzene rings is 1. The van der Waals surface area contributed by atoms with E-state index in [1.54, 1.807) is 0 Å². The van der Waals surface area contributed by atoms with E-state index in [0.717, 1.165) is 18.4 Å². The molecule has 1 aliphatic rings. The molecule has 1 aromatic heterocycles. The summed E-state index contributed by atoms with van der Waals surface area (Å²) in [7, 11) is 0. The summed E-state index contributed by atoms with van der Waals surface area (Å²) in [6.45, 7) is -1.41. The Balaban J connectivity index is 2.16. The molecule has 0 radical (unpaired) electrons. The van der Waals surface area contributed by atoms with Crippen molar-refractivity contribution in [1.29, 1.82) is 0 Å². The van der Waals surface area contributed by atoms with Crippen molar-refractivity contribution in [1.82, 2.24) is 0 Å². The molecule has 8 heteroatoms. The molecule has 0 bridgehead atoms. The van der Waals surface area contributed by atoms with E-state index in [1.165, 1.54) is 12.1 Å². The second kappa shape index (κ2) is 6.84. The summed E-state index contributed by atoms with van der Waals surface area (Å²) in [6, 6.07) is 2.74. The van der Waals surface area contributed by atoms with Crippen LogP contribution < -0.4 is 25.3 Å². The number of carboxylic acid groups (broad SMARTS) is 2. The molecule has 0 amide bonds. The van der Waals surface area contributed by atoms with Gasteiger partial charge in [0.25, 0.3) is 0 Å². The van der Waals surface area contributed by atoms with Crippen LogP contribution in [0.5, 0.6) is 11.5 Å². The summed E-state index contributed by atoms with van der Waals surface area (Å²) in [5.74, 6) is -2.65. The zero-order chi connectivity index (χ0) is 18.0. The van der Waals surface area contributed by atoms with Gasteiger partial charge in [0.1, 0.15) is 30.3 Å². The zero-order valence-corrected chi connectivity index (χ0v) is 13.2. The number of carbonyl (C=O) groups is 2. The lowest BCUT2D eigenvalue weighted by molar-refractivity contribution is -0.308. The number of carbonyl (C=O) groups excluding carboxylic acids is 2.